The van der Waals surface area contributed by atoms with Crippen LogP contribution in [-0.2, 0) is 9.09 Å². The molecule has 0 bridgehead atoms. The van der Waals surface area contributed by atoms with Crippen LogP contribution in [0.25, 0.3) is 0 Å². The van der Waals surface area contributed by atoms with Crippen LogP contribution in [0.2, 0.25) is 0 Å². The van der Waals surface area contributed by atoms with E-state index in [-0.39, 0.29) is 19.2 Å². The zero-order chi connectivity index (χ0) is 24.2. The zero-order valence-electron chi connectivity index (χ0n) is 20.5. The molecule has 0 saturated carbocycles. The molecule has 0 aromatic heterocycles. The van der Waals surface area contributed by atoms with Gasteiger partial charge in [0.15, 0.2) is 0 Å². The van der Waals surface area contributed by atoms with Crippen molar-refractivity contribution in [2.24, 2.45) is 0 Å². The smallest absolute Gasteiger partial charge is 0.317 e. The number of carbonyl (C=O) groups excluding carboxylic acids is 1. The molecule has 0 saturated heterocycles. The maximum atomic E-state index is 11.7. The third-order valence-electron chi connectivity index (χ3n) is 4.53. The molecule has 1 atom stereocenters. The summed E-state index contributed by atoms with van der Waals surface area (Å²) < 4.78 is 14.8. The van der Waals surface area contributed by atoms with Gasteiger partial charge in [-0.3, -0.25) is 4.57 Å². The summed E-state index contributed by atoms with van der Waals surface area (Å²) in [5.74, 6) is 0. The molecule has 0 aliphatic heterocycles. The van der Waals surface area contributed by atoms with E-state index in [1.54, 1.807) is 4.90 Å². The number of phosphoric acid groups is 1. The summed E-state index contributed by atoms with van der Waals surface area (Å²) in [4.78, 5) is 31.7. The highest BCUT2D eigenvalue weighted by Gasteiger charge is 2.11. The quantitative estimate of drug-likeness (QED) is 0.171. The summed E-state index contributed by atoms with van der Waals surface area (Å²) in [6, 6.07) is -0.0545. The zero-order valence-corrected chi connectivity index (χ0v) is 21.4. The monoisotopic (exact) mass is 469 g/mol. The van der Waals surface area contributed by atoms with Crippen molar-refractivity contribution >= 4 is 13.9 Å². The Bertz CT molecular complexity index is 469. The number of hydrogen-bond acceptors (Lipinski definition) is 5. The Morgan fingerprint density at radius 1 is 1.00 bits per heavy atom. The first-order valence-electron chi connectivity index (χ1n) is 11.6. The third kappa shape index (κ3) is 27.3. The molecule has 3 N–H and O–H groups in total. The van der Waals surface area contributed by atoms with Gasteiger partial charge in [0.2, 0.25) is 0 Å². The average molecular weight is 470 g/mol. The molecule has 0 rings (SSSR count). The minimum Gasteiger partial charge on any atom is -0.756 e. The van der Waals surface area contributed by atoms with Crippen LogP contribution in [0.5, 0.6) is 0 Å². The van der Waals surface area contributed by atoms with Crippen molar-refractivity contribution in [3.63, 3.8) is 0 Å². The van der Waals surface area contributed by atoms with E-state index >= 15 is 0 Å². The van der Waals surface area contributed by atoms with Gasteiger partial charge in [-0.1, -0.05) is 58.3 Å². The molecular formula is C21H48N3O6P. The van der Waals surface area contributed by atoms with E-state index in [0.717, 1.165) is 13.0 Å². The van der Waals surface area contributed by atoms with Crippen LogP contribution in [0.1, 0.15) is 71.6 Å². The lowest BCUT2D eigenvalue weighted by molar-refractivity contribution is -0.870. The fraction of sp³-hybridized carbons (Fsp3) is 0.952. The number of quaternary nitrogens is 1. The maximum Gasteiger partial charge on any atom is 0.317 e. The Balaban J connectivity index is 0. The number of amides is 2. The van der Waals surface area contributed by atoms with Crippen LogP contribution in [-0.4, -0.2) is 85.9 Å². The van der Waals surface area contributed by atoms with Gasteiger partial charge in [-0.2, -0.15) is 0 Å². The number of hydrogen-bond donors (Lipinski definition) is 3. The molecule has 0 aliphatic carbocycles. The molecule has 1 unspecified atom stereocenters. The second-order valence-corrected chi connectivity index (χ2v) is 9.89. The third-order valence-corrected chi connectivity index (χ3v) is 5.04. The van der Waals surface area contributed by atoms with Gasteiger partial charge in [0.1, 0.15) is 13.2 Å². The number of nitrogens with one attached hydrogen (secondary N) is 1. The molecule has 188 valence electrons. The Morgan fingerprint density at radius 3 is 1.94 bits per heavy atom. The van der Waals surface area contributed by atoms with Crippen LogP contribution in [0.4, 0.5) is 4.79 Å². The summed E-state index contributed by atoms with van der Waals surface area (Å²) >= 11 is 0. The molecule has 10 heteroatoms. The number of nitrogens with zero attached hydrogens (tertiary/aromatic N) is 2. The van der Waals surface area contributed by atoms with Crippen molar-refractivity contribution < 1.29 is 33.3 Å². The molecule has 0 spiro atoms. The average Bonchev–Trinajstić information content (AvgIpc) is 2.64. The topological polar surface area (TPSA) is 122 Å². The second-order valence-electron chi connectivity index (χ2n) is 8.69. The highest BCUT2D eigenvalue weighted by Crippen LogP contribution is 2.29. The van der Waals surface area contributed by atoms with Crippen molar-refractivity contribution in [2.75, 3.05) is 60.5 Å². The highest BCUT2D eigenvalue weighted by atomic mass is 31.2. The summed E-state index contributed by atoms with van der Waals surface area (Å²) in [7, 11) is 1.19. The van der Waals surface area contributed by atoms with Crippen LogP contribution < -0.4 is 10.2 Å². The van der Waals surface area contributed by atoms with E-state index in [1.165, 1.54) is 51.4 Å². The fourth-order valence-corrected chi connectivity index (χ4v) is 3.05. The fourth-order valence-electron chi connectivity index (χ4n) is 2.74. The molecule has 0 radical (unpaired) electrons. The van der Waals surface area contributed by atoms with E-state index in [1.807, 2.05) is 28.1 Å². The van der Waals surface area contributed by atoms with Crippen LogP contribution >= 0.6 is 7.82 Å². The Morgan fingerprint density at radius 2 is 1.52 bits per heavy atom. The first-order valence-corrected chi connectivity index (χ1v) is 13.1. The van der Waals surface area contributed by atoms with Gasteiger partial charge in [-0.05, 0) is 13.3 Å². The number of carbonyl (C=O) groups is 1. The van der Waals surface area contributed by atoms with E-state index in [9.17, 15) is 14.3 Å². The van der Waals surface area contributed by atoms with Gasteiger partial charge in [0.05, 0.1) is 27.7 Å². The summed E-state index contributed by atoms with van der Waals surface area (Å²) in [6.07, 6.45) is 11.5. The number of aliphatic hydroxyl groups excluding tert-OH is 1. The van der Waals surface area contributed by atoms with Crippen molar-refractivity contribution in [1.29, 1.82) is 0 Å². The lowest BCUT2D eigenvalue weighted by Crippen LogP contribution is -2.41. The number of rotatable bonds is 17. The van der Waals surface area contributed by atoms with Gasteiger partial charge < -0.3 is 34.1 Å². The van der Waals surface area contributed by atoms with E-state index in [4.69, 9.17) is 10.00 Å². The lowest BCUT2D eigenvalue weighted by atomic mass is 10.1. The summed E-state index contributed by atoms with van der Waals surface area (Å²) in [6.45, 7) is 6.56. The number of urea groups is 1. The largest absolute Gasteiger partial charge is 0.756 e. The molecule has 0 heterocycles. The minimum absolute atomic E-state index is 0.0147. The van der Waals surface area contributed by atoms with Crippen LogP contribution in [0.3, 0.4) is 0 Å². The van der Waals surface area contributed by atoms with Crippen molar-refractivity contribution in [3.05, 3.63) is 0 Å². The standard InChI is InChI=1S/C16H34N2O2.C5H14NO4P/c1-3-5-6-7-8-9-10-11-12-13-18(14-15-19)16(20)17-4-2;1-6(2,3)4-5-10-11(7,8)9/h19H,3-15H2,1-2H3,(H,17,20);4-5H2,1-3H3,(H-,7,8,9). The molecule has 2 amide bonds. The first-order chi connectivity index (χ1) is 14.5. The first kappa shape index (κ1) is 32.5. The second kappa shape index (κ2) is 19.9. The van der Waals surface area contributed by atoms with E-state index in [0.29, 0.717) is 24.1 Å². The van der Waals surface area contributed by atoms with Crippen molar-refractivity contribution in [2.45, 2.75) is 71.6 Å². The molecular weight excluding hydrogens is 421 g/mol. The van der Waals surface area contributed by atoms with Gasteiger partial charge in [0.25, 0.3) is 7.82 Å². The SMILES string of the molecule is CCCCCCCCCCCN(CCO)C(=O)NCC.C[N+](C)(C)CCOP(=O)([O-])O. The predicted molar refractivity (Wildman–Crippen MR) is 124 cm³/mol. The molecule has 0 aromatic rings. The molecule has 9 nitrogen and oxygen atoms in total. The molecule has 0 fully saturated rings. The van der Waals surface area contributed by atoms with Crippen molar-refractivity contribution in [1.82, 2.24) is 10.2 Å². The number of unbranched alkanes of at least 4 members (excludes halogenated alkanes) is 8. The van der Waals surface area contributed by atoms with Crippen molar-refractivity contribution in [3.8, 4) is 0 Å². The van der Waals surface area contributed by atoms with E-state index < -0.39 is 7.82 Å². The minimum atomic E-state index is -4.51. The van der Waals surface area contributed by atoms with Crippen LogP contribution in [0, 0.1) is 0 Å². The number of likely N-dealkylation sites (N-methyl/N-ethyl adjacent to an activating group) is 1. The number of phosphoric ester groups is 1. The maximum absolute atomic E-state index is 11.7. The Labute approximate surface area is 190 Å². The van der Waals surface area contributed by atoms with Crippen LogP contribution in [0.15, 0.2) is 0 Å². The van der Waals surface area contributed by atoms with Gasteiger partial charge in [-0.15, -0.1) is 0 Å². The van der Waals surface area contributed by atoms with Gasteiger partial charge in [0, 0.05) is 19.6 Å². The summed E-state index contributed by atoms with van der Waals surface area (Å²) in [5.41, 5.74) is 0. The Kier molecular flexibility index (Phi) is 20.9. The normalized spacial score (nSPS) is 13.2. The van der Waals surface area contributed by atoms with Gasteiger partial charge >= 0.3 is 6.03 Å². The molecule has 31 heavy (non-hydrogen) atoms. The van der Waals surface area contributed by atoms with E-state index in [2.05, 4.69) is 16.8 Å². The highest BCUT2D eigenvalue weighted by molar-refractivity contribution is 7.44. The summed E-state index contributed by atoms with van der Waals surface area (Å²) in [5, 5.41) is 11.8. The van der Waals surface area contributed by atoms with Gasteiger partial charge in [-0.25, -0.2) is 4.79 Å². The molecule has 0 aliphatic rings. The Hall–Kier alpha value is -0.700. The number of aliphatic hydroxyl groups is 1. The predicted octanol–water partition coefficient (Wildman–Crippen LogP) is 2.71. The molecule has 0 aromatic carbocycles. The lowest BCUT2D eigenvalue weighted by Gasteiger charge is -2.25.